The number of nitrogens with two attached hydrogens (primary N) is 1. The van der Waals surface area contributed by atoms with E-state index in [9.17, 15) is 18.0 Å². The van der Waals surface area contributed by atoms with Crippen LogP contribution in [0, 0.1) is 6.92 Å². The largest absolute Gasteiger partial charge is 0.418 e. The van der Waals surface area contributed by atoms with Crippen LogP contribution in [-0.4, -0.2) is 10.9 Å². The van der Waals surface area contributed by atoms with Crippen LogP contribution in [0.1, 0.15) is 21.6 Å². The minimum atomic E-state index is -4.61. The molecule has 0 atom stereocenters. The summed E-state index contributed by atoms with van der Waals surface area (Å²) in [6, 6.07) is 1.18. The Bertz CT molecular complexity index is 373. The van der Waals surface area contributed by atoms with Crippen molar-refractivity contribution in [2.45, 2.75) is 13.1 Å². The number of rotatable bonds is 1. The second-order valence-electron chi connectivity index (χ2n) is 2.71. The molecule has 14 heavy (non-hydrogen) atoms. The van der Waals surface area contributed by atoms with Crippen LogP contribution in [0.4, 0.5) is 13.2 Å². The number of aryl methyl sites for hydroxylation is 1. The van der Waals surface area contributed by atoms with Crippen molar-refractivity contribution in [3.05, 3.63) is 29.1 Å². The average molecular weight is 204 g/mol. The van der Waals surface area contributed by atoms with E-state index in [2.05, 4.69) is 4.98 Å². The highest BCUT2D eigenvalue weighted by molar-refractivity contribution is 5.92. The monoisotopic (exact) mass is 204 g/mol. The minimum Gasteiger partial charge on any atom is -0.364 e. The number of nitrogens with zero attached hydrogens (tertiary/aromatic N) is 1. The Labute approximate surface area is 77.7 Å². The first-order valence-electron chi connectivity index (χ1n) is 3.66. The molecule has 0 saturated heterocycles. The maximum absolute atomic E-state index is 12.4. The Balaban J connectivity index is 3.45. The van der Waals surface area contributed by atoms with Gasteiger partial charge in [-0.05, 0) is 18.6 Å². The third-order valence-corrected chi connectivity index (χ3v) is 1.68. The van der Waals surface area contributed by atoms with Gasteiger partial charge in [-0.2, -0.15) is 13.2 Å². The molecule has 76 valence electrons. The summed E-state index contributed by atoms with van der Waals surface area (Å²) in [5.41, 5.74) is 2.91. The van der Waals surface area contributed by atoms with Crippen molar-refractivity contribution < 1.29 is 18.0 Å². The Morgan fingerprint density at radius 3 is 2.43 bits per heavy atom. The Morgan fingerprint density at radius 2 is 2.07 bits per heavy atom. The molecule has 0 bridgehead atoms. The first kappa shape index (κ1) is 10.5. The number of halogens is 3. The standard InChI is InChI=1S/C8H7F3N2O/c1-4-2-3-13-6(7(12)14)5(4)8(9,10)11/h2-3H,1H3,(H2,12,14). The second kappa shape index (κ2) is 3.28. The van der Waals surface area contributed by atoms with Crippen LogP contribution in [0.5, 0.6) is 0 Å². The molecule has 0 radical (unpaired) electrons. The third kappa shape index (κ3) is 1.84. The van der Waals surface area contributed by atoms with Gasteiger partial charge in [0.05, 0.1) is 5.56 Å². The van der Waals surface area contributed by atoms with Gasteiger partial charge in [0, 0.05) is 6.20 Å². The molecule has 0 aliphatic rings. The normalized spacial score (nSPS) is 11.4. The van der Waals surface area contributed by atoms with Crippen LogP contribution < -0.4 is 5.73 Å². The number of amides is 1. The van der Waals surface area contributed by atoms with E-state index in [0.717, 1.165) is 6.20 Å². The van der Waals surface area contributed by atoms with Crippen molar-refractivity contribution >= 4 is 5.91 Å². The molecular weight excluding hydrogens is 197 g/mol. The summed E-state index contributed by atoms with van der Waals surface area (Å²) < 4.78 is 37.3. The lowest BCUT2D eigenvalue weighted by atomic mass is 10.1. The highest BCUT2D eigenvalue weighted by Crippen LogP contribution is 2.33. The summed E-state index contributed by atoms with van der Waals surface area (Å²) in [6.45, 7) is 1.25. The van der Waals surface area contributed by atoms with Crippen LogP contribution >= 0.6 is 0 Å². The van der Waals surface area contributed by atoms with Crippen LogP contribution in [0.2, 0.25) is 0 Å². The molecule has 0 unspecified atom stereocenters. The van der Waals surface area contributed by atoms with Crippen molar-refractivity contribution in [2.24, 2.45) is 5.73 Å². The van der Waals surface area contributed by atoms with Crippen LogP contribution in [-0.2, 0) is 6.18 Å². The van der Waals surface area contributed by atoms with Crippen LogP contribution in [0.3, 0.4) is 0 Å². The molecule has 0 aromatic carbocycles. The van der Waals surface area contributed by atoms with Gasteiger partial charge >= 0.3 is 6.18 Å². The predicted molar refractivity (Wildman–Crippen MR) is 42.5 cm³/mol. The smallest absolute Gasteiger partial charge is 0.364 e. The molecule has 3 nitrogen and oxygen atoms in total. The maximum Gasteiger partial charge on any atom is 0.418 e. The van der Waals surface area contributed by atoms with Gasteiger partial charge < -0.3 is 5.73 Å². The van der Waals surface area contributed by atoms with E-state index in [1.165, 1.54) is 13.0 Å². The molecule has 1 heterocycles. The van der Waals surface area contributed by atoms with Crippen molar-refractivity contribution in [1.29, 1.82) is 0 Å². The highest BCUT2D eigenvalue weighted by Gasteiger charge is 2.37. The Hall–Kier alpha value is -1.59. The fourth-order valence-corrected chi connectivity index (χ4v) is 1.10. The summed E-state index contributed by atoms with van der Waals surface area (Å²) in [5.74, 6) is -1.18. The van der Waals surface area contributed by atoms with Gasteiger partial charge in [-0.3, -0.25) is 9.78 Å². The van der Waals surface area contributed by atoms with Crippen LogP contribution in [0.25, 0.3) is 0 Å². The van der Waals surface area contributed by atoms with E-state index >= 15 is 0 Å². The number of alkyl halides is 3. The first-order chi connectivity index (χ1) is 6.34. The Kier molecular flexibility index (Phi) is 2.46. The van der Waals surface area contributed by atoms with Crippen molar-refractivity contribution in [1.82, 2.24) is 4.98 Å². The summed E-state index contributed by atoms with van der Waals surface area (Å²) in [6.07, 6.45) is -3.49. The number of pyridine rings is 1. The SMILES string of the molecule is Cc1ccnc(C(N)=O)c1C(F)(F)F. The molecule has 6 heteroatoms. The highest BCUT2D eigenvalue weighted by atomic mass is 19.4. The van der Waals surface area contributed by atoms with Crippen molar-refractivity contribution in [3.8, 4) is 0 Å². The topological polar surface area (TPSA) is 56.0 Å². The zero-order valence-electron chi connectivity index (χ0n) is 7.22. The quantitative estimate of drug-likeness (QED) is 0.753. The molecule has 0 aliphatic heterocycles. The molecule has 0 fully saturated rings. The zero-order valence-corrected chi connectivity index (χ0v) is 7.22. The van der Waals surface area contributed by atoms with Gasteiger partial charge in [-0.15, -0.1) is 0 Å². The fraction of sp³-hybridized carbons (Fsp3) is 0.250. The molecule has 0 aliphatic carbocycles. The third-order valence-electron chi connectivity index (χ3n) is 1.68. The summed E-state index contributed by atoms with van der Waals surface area (Å²) in [7, 11) is 0. The number of hydrogen-bond donors (Lipinski definition) is 1. The van der Waals surface area contributed by atoms with E-state index in [1.807, 2.05) is 0 Å². The van der Waals surface area contributed by atoms with Gasteiger partial charge in [0.1, 0.15) is 5.69 Å². The van der Waals surface area contributed by atoms with E-state index in [0.29, 0.717) is 0 Å². The molecule has 1 aromatic rings. The predicted octanol–water partition coefficient (Wildman–Crippen LogP) is 1.51. The van der Waals surface area contributed by atoms with Gasteiger partial charge in [0.2, 0.25) is 0 Å². The van der Waals surface area contributed by atoms with Gasteiger partial charge in [-0.25, -0.2) is 0 Å². The van der Waals surface area contributed by atoms with E-state index < -0.39 is 23.3 Å². The Morgan fingerprint density at radius 1 is 1.50 bits per heavy atom. The molecule has 1 aromatic heterocycles. The van der Waals surface area contributed by atoms with E-state index in [1.54, 1.807) is 0 Å². The number of primary amides is 1. The van der Waals surface area contributed by atoms with Gasteiger partial charge in [-0.1, -0.05) is 0 Å². The molecule has 1 rings (SSSR count). The number of aromatic nitrogens is 1. The van der Waals surface area contributed by atoms with Crippen molar-refractivity contribution in [3.63, 3.8) is 0 Å². The van der Waals surface area contributed by atoms with Gasteiger partial charge in [0.25, 0.3) is 5.91 Å². The molecular formula is C8H7F3N2O. The second-order valence-corrected chi connectivity index (χ2v) is 2.71. The summed E-state index contributed by atoms with van der Waals surface area (Å²) in [5, 5.41) is 0. The van der Waals surface area contributed by atoms with E-state index in [-0.39, 0.29) is 5.56 Å². The lowest BCUT2D eigenvalue weighted by Crippen LogP contribution is -2.21. The molecule has 0 spiro atoms. The molecule has 0 saturated carbocycles. The maximum atomic E-state index is 12.4. The van der Waals surface area contributed by atoms with Gasteiger partial charge in [0.15, 0.2) is 0 Å². The minimum absolute atomic E-state index is 0.0682. The average Bonchev–Trinajstić information content (AvgIpc) is 2.01. The summed E-state index contributed by atoms with van der Waals surface area (Å²) in [4.78, 5) is 14.0. The number of hydrogen-bond acceptors (Lipinski definition) is 2. The zero-order chi connectivity index (χ0) is 10.9. The lowest BCUT2D eigenvalue weighted by Gasteiger charge is -2.12. The number of carbonyl (C=O) groups excluding carboxylic acids is 1. The summed E-state index contributed by atoms with van der Waals surface area (Å²) >= 11 is 0. The molecule has 2 N–H and O–H groups in total. The number of carbonyl (C=O) groups is 1. The van der Waals surface area contributed by atoms with Crippen molar-refractivity contribution in [2.75, 3.05) is 0 Å². The fourth-order valence-electron chi connectivity index (χ4n) is 1.10. The van der Waals surface area contributed by atoms with Crippen LogP contribution in [0.15, 0.2) is 12.3 Å². The van der Waals surface area contributed by atoms with E-state index in [4.69, 9.17) is 5.73 Å². The lowest BCUT2D eigenvalue weighted by molar-refractivity contribution is -0.138. The molecule has 1 amide bonds. The first-order valence-corrected chi connectivity index (χ1v) is 3.66.